The zero-order valence-corrected chi connectivity index (χ0v) is 18.6. The Kier molecular flexibility index (Phi) is 7.18. The second-order valence-electron chi connectivity index (χ2n) is 9.81. The number of sulfonamides is 1. The van der Waals surface area contributed by atoms with Crippen LogP contribution in [-0.4, -0.2) is 56.1 Å². The summed E-state index contributed by atoms with van der Waals surface area (Å²) in [5.41, 5.74) is 0. The summed E-state index contributed by atoms with van der Waals surface area (Å²) >= 11 is 0. The van der Waals surface area contributed by atoms with Crippen molar-refractivity contribution in [3.63, 3.8) is 0 Å². The van der Waals surface area contributed by atoms with Gasteiger partial charge in [0.25, 0.3) is 0 Å². The summed E-state index contributed by atoms with van der Waals surface area (Å²) in [6.45, 7) is 3.45. The van der Waals surface area contributed by atoms with Crippen LogP contribution in [-0.2, 0) is 14.8 Å². The molecule has 7 heteroatoms. The molecule has 0 aromatic heterocycles. The molecule has 166 valence electrons. The molecule has 6 nitrogen and oxygen atoms in total. The van der Waals surface area contributed by atoms with Gasteiger partial charge in [0.2, 0.25) is 15.9 Å². The van der Waals surface area contributed by atoms with Crippen LogP contribution in [0.15, 0.2) is 0 Å². The number of piperidine rings is 1. The highest BCUT2D eigenvalue weighted by atomic mass is 32.2. The fraction of sp³-hybridized carbons (Fsp3) is 0.955. The minimum Gasteiger partial charge on any atom is -0.353 e. The molecule has 0 radical (unpaired) electrons. The number of fused-ring (bicyclic) bond motifs is 1. The molecule has 2 aliphatic heterocycles. The van der Waals surface area contributed by atoms with Crippen LogP contribution >= 0.6 is 0 Å². The van der Waals surface area contributed by atoms with Crippen molar-refractivity contribution in [2.75, 3.05) is 26.2 Å². The van der Waals surface area contributed by atoms with Gasteiger partial charge < -0.3 is 10.6 Å². The Balaban J connectivity index is 1.36. The third-order valence-electron chi connectivity index (χ3n) is 7.94. The smallest absolute Gasteiger partial charge is 0.223 e. The molecule has 2 saturated heterocycles. The minimum absolute atomic E-state index is 0.116. The number of rotatable bonds is 4. The predicted molar refractivity (Wildman–Crippen MR) is 115 cm³/mol. The monoisotopic (exact) mass is 425 g/mol. The topological polar surface area (TPSA) is 78.5 Å². The highest BCUT2D eigenvalue weighted by Gasteiger charge is 2.40. The van der Waals surface area contributed by atoms with E-state index in [0.29, 0.717) is 37.8 Å². The number of carbonyl (C=O) groups is 1. The second kappa shape index (κ2) is 9.65. The van der Waals surface area contributed by atoms with Crippen molar-refractivity contribution >= 4 is 15.9 Å². The van der Waals surface area contributed by atoms with E-state index in [1.165, 1.54) is 12.8 Å². The predicted octanol–water partition coefficient (Wildman–Crippen LogP) is 2.65. The van der Waals surface area contributed by atoms with Gasteiger partial charge >= 0.3 is 0 Å². The van der Waals surface area contributed by atoms with Gasteiger partial charge in [-0.2, -0.15) is 0 Å². The van der Waals surface area contributed by atoms with Crippen LogP contribution in [0.3, 0.4) is 0 Å². The van der Waals surface area contributed by atoms with Gasteiger partial charge in [0.1, 0.15) is 0 Å². The number of nitrogens with one attached hydrogen (secondary N) is 2. The third kappa shape index (κ3) is 4.99. The quantitative estimate of drug-likeness (QED) is 0.726. The van der Waals surface area contributed by atoms with Gasteiger partial charge in [-0.25, -0.2) is 12.7 Å². The molecule has 2 saturated carbocycles. The standard InChI is InChI=1S/C22H39N3O3S/c26-22(24-21-10-6-8-18-16-23-12-11-20(18)21)17-7-5-9-19(15-17)29(27,28)25-13-3-1-2-4-14-25/h17-21,23H,1-16H2,(H,24,26). The maximum Gasteiger partial charge on any atom is 0.223 e. The largest absolute Gasteiger partial charge is 0.353 e. The lowest BCUT2D eigenvalue weighted by Gasteiger charge is -2.42. The molecule has 4 rings (SSSR count). The van der Waals surface area contributed by atoms with E-state index < -0.39 is 10.0 Å². The van der Waals surface area contributed by atoms with Crippen LogP contribution in [0.2, 0.25) is 0 Å². The number of hydrogen-bond donors (Lipinski definition) is 2. The summed E-state index contributed by atoms with van der Waals surface area (Å²) in [5.74, 6) is 1.25. The maximum absolute atomic E-state index is 13.2. The van der Waals surface area contributed by atoms with E-state index in [1.54, 1.807) is 4.31 Å². The molecule has 4 fully saturated rings. The summed E-state index contributed by atoms with van der Waals surface area (Å²) in [6, 6.07) is 0.283. The highest BCUT2D eigenvalue weighted by Crippen LogP contribution is 2.36. The summed E-state index contributed by atoms with van der Waals surface area (Å²) in [5, 5.41) is 6.50. The van der Waals surface area contributed by atoms with Gasteiger partial charge in [0, 0.05) is 25.0 Å². The molecule has 0 spiro atoms. The normalized spacial score (nSPS) is 37.3. The molecular formula is C22H39N3O3S. The first-order valence-corrected chi connectivity index (χ1v) is 13.6. The fourth-order valence-electron chi connectivity index (χ4n) is 6.24. The van der Waals surface area contributed by atoms with Crippen LogP contribution < -0.4 is 10.6 Å². The number of hydrogen-bond acceptors (Lipinski definition) is 4. The van der Waals surface area contributed by atoms with E-state index in [2.05, 4.69) is 10.6 Å². The first-order valence-electron chi connectivity index (χ1n) is 12.1. The Labute approximate surface area is 176 Å². The first kappa shape index (κ1) is 21.6. The van der Waals surface area contributed by atoms with Crippen LogP contribution in [0.5, 0.6) is 0 Å². The van der Waals surface area contributed by atoms with Gasteiger partial charge in [0.05, 0.1) is 5.25 Å². The molecule has 5 atom stereocenters. The van der Waals surface area contributed by atoms with E-state index >= 15 is 0 Å². The van der Waals surface area contributed by atoms with Crippen LogP contribution in [0.4, 0.5) is 0 Å². The highest BCUT2D eigenvalue weighted by molar-refractivity contribution is 7.89. The van der Waals surface area contributed by atoms with Crippen molar-refractivity contribution in [1.82, 2.24) is 14.9 Å². The van der Waals surface area contributed by atoms with E-state index in [0.717, 1.165) is 64.5 Å². The van der Waals surface area contributed by atoms with Crippen molar-refractivity contribution in [2.24, 2.45) is 17.8 Å². The molecule has 4 aliphatic rings. The molecule has 29 heavy (non-hydrogen) atoms. The molecule has 2 N–H and O–H groups in total. The Morgan fingerprint density at radius 3 is 2.45 bits per heavy atom. The van der Waals surface area contributed by atoms with E-state index in [1.807, 2.05) is 0 Å². The summed E-state index contributed by atoms with van der Waals surface area (Å²) in [6.07, 6.45) is 11.8. The van der Waals surface area contributed by atoms with Gasteiger partial charge in [0.15, 0.2) is 0 Å². The van der Waals surface area contributed by atoms with Crippen LogP contribution in [0, 0.1) is 17.8 Å². The van der Waals surface area contributed by atoms with Crippen molar-refractivity contribution in [1.29, 1.82) is 0 Å². The van der Waals surface area contributed by atoms with Crippen molar-refractivity contribution in [3.8, 4) is 0 Å². The Hall–Kier alpha value is -0.660. The second-order valence-corrected chi connectivity index (χ2v) is 12.0. The fourth-order valence-corrected chi connectivity index (χ4v) is 8.37. The summed E-state index contributed by atoms with van der Waals surface area (Å²) in [4.78, 5) is 13.1. The van der Waals surface area contributed by atoms with Crippen molar-refractivity contribution < 1.29 is 13.2 Å². The lowest BCUT2D eigenvalue weighted by molar-refractivity contribution is -0.127. The maximum atomic E-state index is 13.2. The van der Waals surface area contributed by atoms with Gasteiger partial charge in [-0.15, -0.1) is 0 Å². The SMILES string of the molecule is O=C(NC1CCCC2CNCCC21)C1CCCC(S(=O)(=O)N2CCCCCC2)C1. The zero-order valence-electron chi connectivity index (χ0n) is 17.8. The Bertz CT molecular complexity index is 658. The van der Waals surface area contributed by atoms with Crippen molar-refractivity contribution in [2.45, 2.75) is 88.3 Å². The van der Waals surface area contributed by atoms with E-state index in [-0.39, 0.29) is 23.1 Å². The average molecular weight is 426 g/mol. The molecule has 1 amide bonds. The number of amides is 1. The Morgan fingerprint density at radius 1 is 0.897 bits per heavy atom. The summed E-state index contributed by atoms with van der Waals surface area (Å²) < 4.78 is 28.2. The van der Waals surface area contributed by atoms with E-state index in [9.17, 15) is 13.2 Å². The number of nitrogens with zero attached hydrogens (tertiary/aromatic N) is 1. The molecule has 0 aromatic carbocycles. The first-order chi connectivity index (χ1) is 14.1. The third-order valence-corrected chi connectivity index (χ3v) is 10.3. The zero-order chi connectivity index (χ0) is 20.3. The lowest BCUT2D eigenvalue weighted by atomic mass is 9.72. The molecule has 2 heterocycles. The van der Waals surface area contributed by atoms with Gasteiger partial charge in [-0.1, -0.05) is 25.7 Å². The van der Waals surface area contributed by atoms with E-state index in [4.69, 9.17) is 0 Å². The number of carbonyl (C=O) groups excluding carboxylic acids is 1. The van der Waals surface area contributed by atoms with Crippen molar-refractivity contribution in [3.05, 3.63) is 0 Å². The molecule has 2 aliphatic carbocycles. The van der Waals surface area contributed by atoms with Crippen LogP contribution in [0.1, 0.15) is 77.0 Å². The molecular weight excluding hydrogens is 386 g/mol. The summed E-state index contributed by atoms with van der Waals surface area (Å²) in [7, 11) is -3.28. The molecule has 0 aromatic rings. The Morgan fingerprint density at radius 2 is 1.66 bits per heavy atom. The lowest BCUT2D eigenvalue weighted by Crippen LogP contribution is -2.52. The van der Waals surface area contributed by atoms with Gasteiger partial charge in [-0.3, -0.25) is 4.79 Å². The minimum atomic E-state index is -3.28. The average Bonchev–Trinajstić information content (AvgIpc) is 3.04. The molecule has 0 bridgehead atoms. The molecule has 5 unspecified atom stereocenters. The van der Waals surface area contributed by atoms with Crippen LogP contribution in [0.25, 0.3) is 0 Å². The van der Waals surface area contributed by atoms with Gasteiger partial charge in [-0.05, 0) is 76.3 Å².